The van der Waals surface area contributed by atoms with Gasteiger partial charge in [-0.2, -0.15) is 0 Å². The average Bonchev–Trinajstić information content (AvgIpc) is 2.90. The van der Waals surface area contributed by atoms with Crippen molar-refractivity contribution in [2.45, 2.75) is 32.1 Å². The Balaban J connectivity index is 1.89. The molecule has 2 aliphatic rings. The van der Waals surface area contributed by atoms with Gasteiger partial charge in [-0.3, -0.25) is 4.79 Å². The van der Waals surface area contributed by atoms with Crippen molar-refractivity contribution in [3.05, 3.63) is 0 Å². The van der Waals surface area contributed by atoms with E-state index in [1.165, 1.54) is 19.3 Å². The van der Waals surface area contributed by atoms with E-state index in [1.807, 2.05) is 4.90 Å². The normalized spacial score (nSPS) is 26.2. The number of amides is 1. The molecule has 13 heavy (non-hydrogen) atoms. The Morgan fingerprint density at radius 3 is 2.69 bits per heavy atom. The summed E-state index contributed by atoms with van der Waals surface area (Å²) in [7, 11) is 0. The smallest absolute Gasteiger partial charge is 0.222 e. The standard InChI is InChI=1S/C10H18N2O/c11-7-10(4-5-10)8-12-6-2-1-3-9(12)13/h1-8,11H2. The summed E-state index contributed by atoms with van der Waals surface area (Å²) < 4.78 is 0. The molecule has 3 nitrogen and oxygen atoms in total. The maximum absolute atomic E-state index is 11.5. The fourth-order valence-corrected chi connectivity index (χ4v) is 2.04. The zero-order valence-corrected chi connectivity index (χ0v) is 8.09. The molecule has 74 valence electrons. The molecule has 3 heteroatoms. The van der Waals surface area contributed by atoms with Gasteiger partial charge in [0.2, 0.25) is 5.91 Å². The van der Waals surface area contributed by atoms with Crippen molar-refractivity contribution in [2.24, 2.45) is 11.1 Å². The van der Waals surface area contributed by atoms with Gasteiger partial charge < -0.3 is 10.6 Å². The second-order valence-corrected chi connectivity index (χ2v) is 4.48. The van der Waals surface area contributed by atoms with Crippen LogP contribution in [0.2, 0.25) is 0 Å². The molecule has 1 heterocycles. The van der Waals surface area contributed by atoms with E-state index in [1.54, 1.807) is 0 Å². The number of likely N-dealkylation sites (tertiary alicyclic amines) is 1. The minimum absolute atomic E-state index is 0.312. The van der Waals surface area contributed by atoms with E-state index in [-0.39, 0.29) is 0 Å². The predicted octanol–water partition coefficient (Wildman–Crippen LogP) is 0.738. The topological polar surface area (TPSA) is 46.3 Å². The van der Waals surface area contributed by atoms with E-state index in [9.17, 15) is 4.79 Å². The summed E-state index contributed by atoms with van der Waals surface area (Å²) in [6, 6.07) is 0. The van der Waals surface area contributed by atoms with Crippen LogP contribution in [-0.4, -0.2) is 30.4 Å². The first-order valence-corrected chi connectivity index (χ1v) is 5.24. The zero-order valence-electron chi connectivity index (χ0n) is 8.09. The lowest BCUT2D eigenvalue weighted by Gasteiger charge is -2.30. The molecule has 1 amide bonds. The molecule has 0 aromatic heterocycles. The molecule has 0 spiro atoms. The number of nitrogens with two attached hydrogens (primary N) is 1. The third-order valence-corrected chi connectivity index (χ3v) is 3.34. The first-order valence-electron chi connectivity index (χ1n) is 5.24. The van der Waals surface area contributed by atoms with Crippen LogP contribution in [0.25, 0.3) is 0 Å². The minimum atomic E-state index is 0.312. The van der Waals surface area contributed by atoms with Gasteiger partial charge in [-0.05, 0) is 32.2 Å². The molecular weight excluding hydrogens is 164 g/mol. The highest BCUT2D eigenvalue weighted by Crippen LogP contribution is 2.45. The number of nitrogens with zero attached hydrogens (tertiary/aromatic N) is 1. The van der Waals surface area contributed by atoms with E-state index < -0.39 is 0 Å². The Bertz CT molecular complexity index is 211. The maximum Gasteiger partial charge on any atom is 0.222 e. The highest BCUT2D eigenvalue weighted by molar-refractivity contribution is 5.76. The Labute approximate surface area is 79.3 Å². The van der Waals surface area contributed by atoms with Crippen LogP contribution >= 0.6 is 0 Å². The second-order valence-electron chi connectivity index (χ2n) is 4.48. The highest BCUT2D eigenvalue weighted by Gasteiger charge is 2.43. The van der Waals surface area contributed by atoms with Crippen molar-refractivity contribution < 1.29 is 4.79 Å². The van der Waals surface area contributed by atoms with E-state index >= 15 is 0 Å². The van der Waals surface area contributed by atoms with Gasteiger partial charge in [-0.25, -0.2) is 0 Å². The first-order chi connectivity index (χ1) is 6.26. The van der Waals surface area contributed by atoms with Crippen molar-refractivity contribution in [1.29, 1.82) is 0 Å². The van der Waals surface area contributed by atoms with Gasteiger partial charge in [0, 0.05) is 24.9 Å². The lowest BCUT2D eigenvalue weighted by atomic mass is 10.0. The highest BCUT2D eigenvalue weighted by atomic mass is 16.2. The van der Waals surface area contributed by atoms with Crippen molar-refractivity contribution in [2.75, 3.05) is 19.6 Å². The molecule has 0 aromatic rings. The van der Waals surface area contributed by atoms with E-state index in [4.69, 9.17) is 5.73 Å². The molecule has 1 saturated carbocycles. The Hall–Kier alpha value is -0.570. The van der Waals surface area contributed by atoms with Crippen LogP contribution in [-0.2, 0) is 4.79 Å². The summed E-state index contributed by atoms with van der Waals surface area (Å²) in [5, 5.41) is 0. The van der Waals surface area contributed by atoms with Crippen molar-refractivity contribution in [3.8, 4) is 0 Å². The molecule has 0 aromatic carbocycles. The van der Waals surface area contributed by atoms with Crippen LogP contribution in [0.4, 0.5) is 0 Å². The quantitative estimate of drug-likeness (QED) is 0.699. The number of rotatable bonds is 3. The van der Waals surface area contributed by atoms with Crippen LogP contribution in [0.3, 0.4) is 0 Å². The van der Waals surface area contributed by atoms with Crippen molar-refractivity contribution in [1.82, 2.24) is 4.90 Å². The maximum atomic E-state index is 11.5. The molecule has 0 bridgehead atoms. The number of carbonyl (C=O) groups excluding carboxylic acids is 1. The van der Waals surface area contributed by atoms with Crippen molar-refractivity contribution in [3.63, 3.8) is 0 Å². The monoisotopic (exact) mass is 182 g/mol. The fraction of sp³-hybridized carbons (Fsp3) is 0.900. The van der Waals surface area contributed by atoms with Crippen LogP contribution in [0.1, 0.15) is 32.1 Å². The van der Waals surface area contributed by atoms with Crippen LogP contribution in [0, 0.1) is 5.41 Å². The molecule has 2 fully saturated rings. The number of carbonyl (C=O) groups is 1. The number of hydrogen-bond acceptors (Lipinski definition) is 2. The SMILES string of the molecule is NCC1(CN2CCCCC2=O)CC1. The summed E-state index contributed by atoms with van der Waals surface area (Å²) in [5.41, 5.74) is 6.01. The Morgan fingerprint density at radius 1 is 1.38 bits per heavy atom. The molecule has 0 radical (unpaired) electrons. The second kappa shape index (κ2) is 3.29. The Kier molecular flexibility index (Phi) is 2.28. The van der Waals surface area contributed by atoms with Gasteiger partial charge in [0.1, 0.15) is 0 Å². The number of piperidine rings is 1. The minimum Gasteiger partial charge on any atom is -0.342 e. The van der Waals surface area contributed by atoms with Gasteiger partial charge in [0.25, 0.3) is 0 Å². The summed E-state index contributed by atoms with van der Waals surface area (Å²) >= 11 is 0. The molecule has 0 atom stereocenters. The van der Waals surface area contributed by atoms with Gasteiger partial charge in [0.05, 0.1) is 0 Å². The average molecular weight is 182 g/mol. The summed E-state index contributed by atoms with van der Waals surface area (Å²) in [6.07, 6.45) is 5.43. The zero-order chi connectivity index (χ0) is 9.31. The van der Waals surface area contributed by atoms with E-state index in [0.29, 0.717) is 11.3 Å². The van der Waals surface area contributed by atoms with Crippen LogP contribution in [0.15, 0.2) is 0 Å². The molecule has 2 N–H and O–H groups in total. The predicted molar refractivity (Wildman–Crippen MR) is 51.2 cm³/mol. The largest absolute Gasteiger partial charge is 0.342 e. The van der Waals surface area contributed by atoms with E-state index in [2.05, 4.69) is 0 Å². The summed E-state index contributed by atoms with van der Waals surface area (Å²) in [4.78, 5) is 13.5. The third-order valence-electron chi connectivity index (χ3n) is 3.34. The fourth-order valence-electron chi connectivity index (χ4n) is 2.04. The molecule has 2 rings (SSSR count). The van der Waals surface area contributed by atoms with Gasteiger partial charge in [0.15, 0.2) is 0 Å². The lowest BCUT2D eigenvalue weighted by Crippen LogP contribution is -2.41. The third kappa shape index (κ3) is 1.85. The summed E-state index contributed by atoms with van der Waals surface area (Å²) in [6.45, 7) is 2.62. The molecule has 1 saturated heterocycles. The van der Waals surface area contributed by atoms with E-state index in [0.717, 1.165) is 32.5 Å². The van der Waals surface area contributed by atoms with Crippen LogP contribution in [0.5, 0.6) is 0 Å². The van der Waals surface area contributed by atoms with Crippen LogP contribution < -0.4 is 5.73 Å². The Morgan fingerprint density at radius 2 is 2.15 bits per heavy atom. The summed E-state index contributed by atoms with van der Waals surface area (Å²) in [5.74, 6) is 0.339. The molecular formula is C10H18N2O. The van der Waals surface area contributed by atoms with Gasteiger partial charge in [-0.15, -0.1) is 0 Å². The number of hydrogen-bond donors (Lipinski definition) is 1. The molecule has 0 unspecified atom stereocenters. The lowest BCUT2D eigenvalue weighted by molar-refractivity contribution is -0.134. The van der Waals surface area contributed by atoms with Crippen molar-refractivity contribution >= 4 is 5.91 Å². The molecule has 1 aliphatic heterocycles. The molecule has 1 aliphatic carbocycles. The van der Waals surface area contributed by atoms with Gasteiger partial charge >= 0.3 is 0 Å². The van der Waals surface area contributed by atoms with Gasteiger partial charge in [-0.1, -0.05) is 0 Å². The first kappa shape index (κ1) is 9.00.